The van der Waals surface area contributed by atoms with Gasteiger partial charge in [0.25, 0.3) is 5.91 Å². The molecule has 2 heterocycles. The lowest BCUT2D eigenvalue weighted by molar-refractivity contribution is 0.0322. The molecule has 0 unspecified atom stereocenters. The Morgan fingerprint density at radius 2 is 2.00 bits per heavy atom. The molecule has 1 aromatic heterocycles. The fraction of sp³-hybridized carbons (Fsp3) is 0.421. The number of furan rings is 1. The van der Waals surface area contributed by atoms with Gasteiger partial charge >= 0.3 is 0 Å². The second kappa shape index (κ2) is 12.6. The summed E-state index contributed by atoms with van der Waals surface area (Å²) in [6.07, 6.45) is 1.42. The molecule has 0 atom stereocenters. The van der Waals surface area contributed by atoms with Crippen LogP contribution in [0.25, 0.3) is 0 Å². The van der Waals surface area contributed by atoms with Crippen LogP contribution in [0.15, 0.2) is 41.0 Å². The summed E-state index contributed by atoms with van der Waals surface area (Å²) in [6, 6.07) is 9.40. The largest absolute Gasteiger partial charge is 0.492 e. The summed E-state index contributed by atoms with van der Waals surface area (Å²) in [5, 5.41) is 2.87. The van der Waals surface area contributed by atoms with Crippen molar-refractivity contribution in [2.75, 3.05) is 39.5 Å². The molecule has 7 nitrogen and oxygen atoms in total. The monoisotopic (exact) mass is 431 g/mol. The van der Waals surface area contributed by atoms with Crippen LogP contribution in [0, 0.1) is 0 Å². The summed E-state index contributed by atoms with van der Waals surface area (Å²) < 4.78 is 16.4. The zero-order valence-electron chi connectivity index (χ0n) is 15.6. The average Bonchev–Trinajstić information content (AvgIpc) is 3.17. The Morgan fingerprint density at radius 3 is 2.71 bits per heavy atom. The molecule has 0 saturated carbocycles. The molecule has 0 bridgehead atoms. The first-order chi connectivity index (χ1) is 12.7. The Bertz CT molecular complexity index is 721. The number of amides is 1. The SMILES string of the molecule is Cl.Cl.NCc1cc(C(=O)NCc2cccc(OCCN3CCOCC3)c2)co1. The van der Waals surface area contributed by atoms with Crippen molar-refractivity contribution >= 4 is 30.7 Å². The zero-order valence-corrected chi connectivity index (χ0v) is 17.2. The van der Waals surface area contributed by atoms with Gasteiger partial charge in [-0.1, -0.05) is 12.1 Å². The lowest BCUT2D eigenvalue weighted by Gasteiger charge is -2.26. The number of carbonyl (C=O) groups is 1. The number of hydrogen-bond acceptors (Lipinski definition) is 6. The summed E-state index contributed by atoms with van der Waals surface area (Å²) in [4.78, 5) is 14.4. The zero-order chi connectivity index (χ0) is 18.2. The summed E-state index contributed by atoms with van der Waals surface area (Å²) in [5.74, 6) is 1.21. The van der Waals surface area contributed by atoms with E-state index in [4.69, 9.17) is 19.6 Å². The maximum Gasteiger partial charge on any atom is 0.254 e. The summed E-state index contributed by atoms with van der Waals surface area (Å²) in [6.45, 7) is 5.70. The highest BCUT2D eigenvalue weighted by atomic mass is 35.5. The van der Waals surface area contributed by atoms with Gasteiger partial charge in [0.05, 0.1) is 25.3 Å². The summed E-state index contributed by atoms with van der Waals surface area (Å²) in [7, 11) is 0. The number of nitrogens with two attached hydrogens (primary N) is 1. The van der Waals surface area contributed by atoms with Gasteiger partial charge in [-0.2, -0.15) is 0 Å². The molecule has 28 heavy (non-hydrogen) atoms. The van der Waals surface area contributed by atoms with Gasteiger partial charge in [-0.05, 0) is 23.8 Å². The van der Waals surface area contributed by atoms with E-state index in [2.05, 4.69) is 10.2 Å². The molecule has 1 aromatic carbocycles. The third-order valence-electron chi connectivity index (χ3n) is 4.25. The predicted octanol–water partition coefficient (Wildman–Crippen LogP) is 2.22. The number of halogens is 2. The van der Waals surface area contributed by atoms with Crippen LogP contribution in [0.1, 0.15) is 21.7 Å². The highest BCUT2D eigenvalue weighted by Crippen LogP contribution is 2.14. The lowest BCUT2D eigenvalue weighted by atomic mass is 10.2. The number of morpholine rings is 1. The van der Waals surface area contributed by atoms with Crippen molar-refractivity contribution in [1.29, 1.82) is 0 Å². The van der Waals surface area contributed by atoms with E-state index in [0.717, 1.165) is 44.2 Å². The highest BCUT2D eigenvalue weighted by Gasteiger charge is 2.11. The van der Waals surface area contributed by atoms with E-state index >= 15 is 0 Å². The lowest BCUT2D eigenvalue weighted by Crippen LogP contribution is -2.38. The standard InChI is InChI=1S/C19H25N3O4.2ClH/c20-12-18-11-16(14-26-18)19(23)21-13-15-2-1-3-17(10-15)25-9-6-22-4-7-24-8-5-22;;/h1-3,10-11,14H,4-9,12-13,20H2,(H,21,23);2*1H. The highest BCUT2D eigenvalue weighted by molar-refractivity contribution is 5.93. The van der Waals surface area contributed by atoms with Gasteiger partial charge in [0.2, 0.25) is 0 Å². The number of carbonyl (C=O) groups excluding carboxylic acids is 1. The molecule has 0 aliphatic carbocycles. The first-order valence-electron chi connectivity index (χ1n) is 8.82. The molecule has 1 aliphatic heterocycles. The fourth-order valence-corrected chi connectivity index (χ4v) is 2.75. The molecule has 1 amide bonds. The minimum Gasteiger partial charge on any atom is -0.492 e. The van der Waals surface area contributed by atoms with E-state index in [1.807, 2.05) is 24.3 Å². The van der Waals surface area contributed by atoms with Gasteiger partial charge in [-0.3, -0.25) is 9.69 Å². The number of benzene rings is 1. The summed E-state index contributed by atoms with van der Waals surface area (Å²) in [5.41, 5.74) is 6.94. The third kappa shape index (κ3) is 7.33. The molecular formula is C19H27Cl2N3O4. The number of hydrogen-bond donors (Lipinski definition) is 2. The maximum atomic E-state index is 12.1. The quantitative estimate of drug-likeness (QED) is 0.665. The Morgan fingerprint density at radius 1 is 1.21 bits per heavy atom. The molecule has 0 radical (unpaired) electrons. The molecule has 3 rings (SSSR count). The van der Waals surface area contributed by atoms with Crippen molar-refractivity contribution in [3.63, 3.8) is 0 Å². The van der Waals surface area contributed by atoms with E-state index in [-0.39, 0.29) is 37.3 Å². The Balaban J connectivity index is 0.00000196. The maximum absolute atomic E-state index is 12.1. The van der Waals surface area contributed by atoms with Crippen LogP contribution in [0.3, 0.4) is 0 Å². The number of nitrogens with zero attached hydrogens (tertiary/aromatic N) is 1. The van der Waals surface area contributed by atoms with Gasteiger partial charge in [0, 0.05) is 26.2 Å². The van der Waals surface area contributed by atoms with Gasteiger partial charge in [0.15, 0.2) is 0 Å². The van der Waals surface area contributed by atoms with Crippen molar-refractivity contribution in [3.05, 3.63) is 53.5 Å². The second-order valence-corrected chi connectivity index (χ2v) is 6.14. The Labute approximate surface area is 177 Å². The van der Waals surface area contributed by atoms with Crippen molar-refractivity contribution < 1.29 is 18.7 Å². The topological polar surface area (TPSA) is 90.0 Å². The second-order valence-electron chi connectivity index (χ2n) is 6.14. The average molecular weight is 432 g/mol. The fourth-order valence-electron chi connectivity index (χ4n) is 2.75. The van der Waals surface area contributed by atoms with Crippen LogP contribution in [-0.4, -0.2) is 50.3 Å². The molecule has 1 fully saturated rings. The van der Waals surface area contributed by atoms with Gasteiger partial charge in [-0.25, -0.2) is 0 Å². The summed E-state index contributed by atoms with van der Waals surface area (Å²) >= 11 is 0. The van der Waals surface area contributed by atoms with E-state index in [0.29, 0.717) is 24.5 Å². The first kappa shape index (κ1) is 24.3. The van der Waals surface area contributed by atoms with Gasteiger partial charge in [-0.15, -0.1) is 24.8 Å². The molecule has 1 aliphatic rings. The van der Waals surface area contributed by atoms with Crippen LogP contribution in [-0.2, 0) is 17.8 Å². The number of ether oxygens (including phenoxy) is 2. The van der Waals surface area contributed by atoms with Crippen LogP contribution < -0.4 is 15.8 Å². The normalized spacial score (nSPS) is 13.9. The Kier molecular flexibility index (Phi) is 11.0. The van der Waals surface area contributed by atoms with Crippen LogP contribution in [0.2, 0.25) is 0 Å². The van der Waals surface area contributed by atoms with Crippen LogP contribution in [0.4, 0.5) is 0 Å². The van der Waals surface area contributed by atoms with Gasteiger partial charge < -0.3 is 24.9 Å². The van der Waals surface area contributed by atoms with Crippen LogP contribution in [0.5, 0.6) is 5.75 Å². The minimum atomic E-state index is -0.188. The van der Waals surface area contributed by atoms with Crippen molar-refractivity contribution in [1.82, 2.24) is 10.2 Å². The van der Waals surface area contributed by atoms with E-state index < -0.39 is 0 Å². The van der Waals surface area contributed by atoms with Gasteiger partial charge in [0.1, 0.15) is 24.4 Å². The minimum absolute atomic E-state index is 0. The Hall–Kier alpha value is -1.77. The molecule has 0 spiro atoms. The molecule has 9 heteroatoms. The van der Waals surface area contributed by atoms with Crippen molar-refractivity contribution in [2.24, 2.45) is 5.73 Å². The third-order valence-corrected chi connectivity index (χ3v) is 4.25. The van der Waals surface area contributed by atoms with E-state index in [1.54, 1.807) is 6.07 Å². The van der Waals surface area contributed by atoms with E-state index in [1.165, 1.54) is 6.26 Å². The number of nitrogens with one attached hydrogen (secondary N) is 1. The smallest absolute Gasteiger partial charge is 0.254 e. The molecule has 2 aromatic rings. The molecule has 1 saturated heterocycles. The predicted molar refractivity (Wildman–Crippen MR) is 111 cm³/mol. The number of rotatable bonds is 8. The van der Waals surface area contributed by atoms with Crippen LogP contribution >= 0.6 is 24.8 Å². The van der Waals surface area contributed by atoms with Crippen molar-refractivity contribution in [2.45, 2.75) is 13.1 Å². The van der Waals surface area contributed by atoms with E-state index in [9.17, 15) is 4.79 Å². The molecular weight excluding hydrogens is 405 g/mol. The first-order valence-corrected chi connectivity index (χ1v) is 8.82. The molecule has 156 valence electrons. The molecule has 3 N–H and O–H groups in total. The van der Waals surface area contributed by atoms with Crippen molar-refractivity contribution in [3.8, 4) is 5.75 Å².